The lowest BCUT2D eigenvalue weighted by molar-refractivity contribution is -0.113. The molecule has 0 aliphatic heterocycles. The van der Waals surface area contributed by atoms with Crippen LogP contribution >= 0.6 is 23.1 Å². The average Bonchev–Trinajstić information content (AvgIpc) is 3.23. The SMILES string of the molecule is CNc1nnc(SCC(=O)Nc2cc(-c3ccc(C)cc3)no2)s1. The first-order valence-corrected chi connectivity index (χ1v) is 8.92. The summed E-state index contributed by atoms with van der Waals surface area (Å²) < 4.78 is 5.90. The number of nitrogens with one attached hydrogen (secondary N) is 2. The first-order valence-electron chi connectivity index (χ1n) is 7.11. The summed E-state index contributed by atoms with van der Waals surface area (Å²) in [6, 6.07) is 9.63. The molecule has 0 saturated heterocycles. The second kappa shape index (κ2) is 7.45. The third-order valence-electron chi connectivity index (χ3n) is 3.07. The average molecular weight is 361 g/mol. The summed E-state index contributed by atoms with van der Waals surface area (Å²) in [5.41, 5.74) is 2.79. The lowest BCUT2D eigenvalue weighted by Crippen LogP contribution is -2.13. The van der Waals surface area contributed by atoms with Gasteiger partial charge in [-0.25, -0.2) is 0 Å². The van der Waals surface area contributed by atoms with Crippen LogP contribution in [0.15, 0.2) is 39.2 Å². The zero-order valence-electron chi connectivity index (χ0n) is 13.1. The Balaban J connectivity index is 1.56. The number of aromatic nitrogens is 3. The minimum atomic E-state index is -0.187. The summed E-state index contributed by atoms with van der Waals surface area (Å²) in [5.74, 6) is 0.357. The Morgan fingerprint density at radius 3 is 2.79 bits per heavy atom. The molecule has 0 unspecified atom stereocenters. The molecule has 0 aliphatic rings. The van der Waals surface area contributed by atoms with Crippen LogP contribution in [-0.2, 0) is 4.79 Å². The van der Waals surface area contributed by atoms with Gasteiger partial charge in [0.2, 0.25) is 16.9 Å². The number of carbonyl (C=O) groups excluding carboxylic acids is 1. The Morgan fingerprint density at radius 1 is 1.29 bits per heavy atom. The van der Waals surface area contributed by atoms with E-state index in [9.17, 15) is 4.79 Å². The molecule has 0 bridgehead atoms. The molecule has 0 aliphatic carbocycles. The number of benzene rings is 1. The third kappa shape index (κ3) is 4.12. The van der Waals surface area contributed by atoms with E-state index in [4.69, 9.17) is 4.52 Å². The van der Waals surface area contributed by atoms with E-state index in [0.717, 1.165) is 15.0 Å². The fraction of sp³-hybridized carbons (Fsp3) is 0.200. The van der Waals surface area contributed by atoms with Gasteiger partial charge < -0.3 is 9.84 Å². The van der Waals surface area contributed by atoms with Gasteiger partial charge in [0, 0.05) is 18.7 Å². The van der Waals surface area contributed by atoms with Crippen LogP contribution in [0.2, 0.25) is 0 Å². The van der Waals surface area contributed by atoms with Gasteiger partial charge in [-0.15, -0.1) is 10.2 Å². The minimum absolute atomic E-state index is 0.187. The van der Waals surface area contributed by atoms with E-state index < -0.39 is 0 Å². The predicted molar refractivity (Wildman–Crippen MR) is 95.5 cm³/mol. The molecule has 9 heteroatoms. The smallest absolute Gasteiger partial charge is 0.237 e. The zero-order valence-corrected chi connectivity index (χ0v) is 14.7. The normalized spacial score (nSPS) is 10.6. The summed E-state index contributed by atoms with van der Waals surface area (Å²) in [6.45, 7) is 2.02. The number of hydrogen-bond donors (Lipinski definition) is 2. The lowest BCUT2D eigenvalue weighted by atomic mass is 10.1. The Bertz CT molecular complexity index is 829. The van der Waals surface area contributed by atoms with Crippen LogP contribution in [0.1, 0.15) is 5.56 Å². The summed E-state index contributed by atoms with van der Waals surface area (Å²) in [6.07, 6.45) is 0. The second-order valence-electron chi connectivity index (χ2n) is 4.90. The number of aryl methyl sites for hydroxylation is 1. The molecule has 2 N–H and O–H groups in total. The van der Waals surface area contributed by atoms with Crippen molar-refractivity contribution in [3.05, 3.63) is 35.9 Å². The Labute approximate surface area is 146 Å². The number of amides is 1. The topological polar surface area (TPSA) is 92.9 Å². The van der Waals surface area contributed by atoms with Crippen LogP contribution < -0.4 is 10.6 Å². The quantitative estimate of drug-likeness (QED) is 0.651. The van der Waals surface area contributed by atoms with Crippen LogP contribution in [-0.4, -0.2) is 34.1 Å². The maximum absolute atomic E-state index is 12.0. The van der Waals surface area contributed by atoms with Gasteiger partial charge in [-0.05, 0) is 6.92 Å². The van der Waals surface area contributed by atoms with Crippen molar-refractivity contribution in [1.82, 2.24) is 15.4 Å². The molecule has 0 radical (unpaired) electrons. The molecule has 0 atom stereocenters. The number of hydrogen-bond acceptors (Lipinski definition) is 8. The number of nitrogens with zero attached hydrogens (tertiary/aromatic N) is 3. The molecule has 3 rings (SSSR count). The highest BCUT2D eigenvalue weighted by Crippen LogP contribution is 2.26. The van der Waals surface area contributed by atoms with E-state index >= 15 is 0 Å². The van der Waals surface area contributed by atoms with Gasteiger partial charge in [0.05, 0.1) is 5.75 Å². The van der Waals surface area contributed by atoms with Gasteiger partial charge >= 0.3 is 0 Å². The number of thioether (sulfide) groups is 1. The molecule has 0 saturated carbocycles. The third-order valence-corrected chi connectivity index (χ3v) is 5.14. The van der Waals surface area contributed by atoms with Crippen LogP contribution in [0.4, 0.5) is 11.0 Å². The largest absolute Gasteiger partial charge is 0.363 e. The number of anilines is 2. The molecule has 124 valence electrons. The van der Waals surface area contributed by atoms with E-state index in [0.29, 0.717) is 11.6 Å². The van der Waals surface area contributed by atoms with Crippen molar-refractivity contribution < 1.29 is 9.32 Å². The fourth-order valence-corrected chi connectivity index (χ4v) is 3.37. The maximum atomic E-state index is 12.0. The Morgan fingerprint density at radius 2 is 2.08 bits per heavy atom. The molecular weight excluding hydrogens is 346 g/mol. The van der Waals surface area contributed by atoms with Crippen molar-refractivity contribution in [3.63, 3.8) is 0 Å². The van der Waals surface area contributed by atoms with Crippen molar-refractivity contribution in [2.75, 3.05) is 23.4 Å². The molecule has 2 heterocycles. The van der Waals surface area contributed by atoms with Crippen LogP contribution in [0, 0.1) is 6.92 Å². The standard InChI is InChI=1S/C15H15N5O2S2/c1-9-3-5-10(6-4-9)11-7-13(22-20-11)17-12(21)8-23-15-19-18-14(16-2)24-15/h3-7H,8H2,1-2H3,(H,16,18)(H,17,21). The van der Waals surface area contributed by atoms with E-state index in [-0.39, 0.29) is 11.7 Å². The highest BCUT2D eigenvalue weighted by molar-refractivity contribution is 8.01. The van der Waals surface area contributed by atoms with Crippen molar-refractivity contribution in [1.29, 1.82) is 0 Å². The number of rotatable bonds is 6. The molecule has 24 heavy (non-hydrogen) atoms. The minimum Gasteiger partial charge on any atom is -0.363 e. The monoisotopic (exact) mass is 361 g/mol. The summed E-state index contributed by atoms with van der Waals surface area (Å²) in [4.78, 5) is 12.0. The molecule has 0 spiro atoms. The van der Waals surface area contributed by atoms with Gasteiger partial charge in [-0.2, -0.15) is 0 Å². The molecular formula is C15H15N5O2S2. The first kappa shape index (κ1) is 16.5. The highest BCUT2D eigenvalue weighted by Gasteiger charge is 2.11. The molecule has 2 aromatic heterocycles. The number of carbonyl (C=O) groups is 1. The fourth-order valence-electron chi connectivity index (χ4n) is 1.86. The van der Waals surface area contributed by atoms with Gasteiger partial charge in [0.1, 0.15) is 5.69 Å². The van der Waals surface area contributed by atoms with Crippen molar-refractivity contribution in [3.8, 4) is 11.3 Å². The lowest BCUT2D eigenvalue weighted by Gasteiger charge is -1.98. The summed E-state index contributed by atoms with van der Waals surface area (Å²) in [7, 11) is 1.78. The predicted octanol–water partition coefficient (Wildman–Crippen LogP) is 3.27. The van der Waals surface area contributed by atoms with Gasteiger partial charge in [0.15, 0.2) is 4.34 Å². The van der Waals surface area contributed by atoms with Gasteiger partial charge in [-0.3, -0.25) is 10.1 Å². The van der Waals surface area contributed by atoms with E-state index in [1.165, 1.54) is 28.7 Å². The summed E-state index contributed by atoms with van der Waals surface area (Å²) >= 11 is 2.72. The molecule has 1 aromatic carbocycles. The first-order chi connectivity index (χ1) is 11.6. The highest BCUT2D eigenvalue weighted by atomic mass is 32.2. The van der Waals surface area contributed by atoms with Crippen LogP contribution in [0.3, 0.4) is 0 Å². The second-order valence-corrected chi connectivity index (χ2v) is 7.10. The van der Waals surface area contributed by atoms with Crippen LogP contribution in [0.25, 0.3) is 11.3 Å². The summed E-state index contributed by atoms with van der Waals surface area (Å²) in [5, 5.41) is 18.2. The van der Waals surface area contributed by atoms with Crippen LogP contribution in [0.5, 0.6) is 0 Å². The zero-order chi connectivity index (χ0) is 16.9. The van der Waals surface area contributed by atoms with Gasteiger partial charge in [0.25, 0.3) is 0 Å². The van der Waals surface area contributed by atoms with E-state index in [2.05, 4.69) is 26.0 Å². The van der Waals surface area contributed by atoms with Gasteiger partial charge in [-0.1, -0.05) is 58.1 Å². The van der Waals surface area contributed by atoms with E-state index in [1.54, 1.807) is 13.1 Å². The Kier molecular flexibility index (Phi) is 5.11. The van der Waals surface area contributed by atoms with Crippen molar-refractivity contribution in [2.24, 2.45) is 0 Å². The molecule has 7 nitrogen and oxygen atoms in total. The Hall–Kier alpha value is -2.39. The maximum Gasteiger partial charge on any atom is 0.237 e. The molecule has 0 fully saturated rings. The molecule has 3 aromatic rings. The van der Waals surface area contributed by atoms with E-state index in [1.807, 2.05) is 31.2 Å². The van der Waals surface area contributed by atoms with Crippen molar-refractivity contribution >= 4 is 40.0 Å². The van der Waals surface area contributed by atoms with Crippen molar-refractivity contribution in [2.45, 2.75) is 11.3 Å². The molecule has 1 amide bonds.